The van der Waals surface area contributed by atoms with Crippen molar-refractivity contribution in [1.29, 1.82) is 5.26 Å². The number of para-hydroxylation sites is 1. The number of fused-ring (bicyclic) bond motifs is 1. The summed E-state index contributed by atoms with van der Waals surface area (Å²) in [6, 6.07) is 14.8. The zero-order valence-electron chi connectivity index (χ0n) is 21.1. The number of carbonyl (C=O) groups is 4. The predicted molar refractivity (Wildman–Crippen MR) is 140 cm³/mol. The van der Waals surface area contributed by atoms with E-state index < -0.39 is 24.0 Å². The van der Waals surface area contributed by atoms with E-state index in [9.17, 15) is 24.3 Å². The highest BCUT2D eigenvalue weighted by Crippen LogP contribution is 2.43. The largest absolute Gasteiger partial charge is 0.478 e. The van der Waals surface area contributed by atoms with Crippen LogP contribution in [0.4, 0.5) is 21.9 Å². The molecule has 198 valence electrons. The van der Waals surface area contributed by atoms with Gasteiger partial charge in [-0.2, -0.15) is 5.26 Å². The zero-order chi connectivity index (χ0) is 28.3. The highest BCUT2D eigenvalue weighted by atomic mass is 16.7. The Morgan fingerprint density at radius 1 is 1.05 bits per heavy atom. The minimum Gasteiger partial charge on any atom is -0.478 e. The summed E-state index contributed by atoms with van der Waals surface area (Å²) in [5.41, 5.74) is 4.81. The van der Waals surface area contributed by atoms with Crippen LogP contribution in [-0.2, 0) is 14.3 Å². The maximum absolute atomic E-state index is 13.3. The van der Waals surface area contributed by atoms with Crippen LogP contribution in [-0.4, -0.2) is 43.1 Å². The molecule has 39 heavy (non-hydrogen) atoms. The van der Waals surface area contributed by atoms with Gasteiger partial charge in [-0.1, -0.05) is 18.2 Å². The smallest absolute Gasteiger partial charge is 0.413 e. The van der Waals surface area contributed by atoms with Crippen LogP contribution in [0.15, 0.2) is 54.6 Å². The lowest BCUT2D eigenvalue weighted by Gasteiger charge is -2.22. The highest BCUT2D eigenvalue weighted by Gasteiger charge is 2.34. The molecule has 0 saturated carbocycles. The number of nitrogens with one attached hydrogen (secondary N) is 3. The maximum atomic E-state index is 13.3. The number of nitrogens with zero attached hydrogens (tertiary/aromatic N) is 2. The molecule has 3 aromatic rings. The van der Waals surface area contributed by atoms with E-state index in [1.54, 1.807) is 36.4 Å². The number of methoxy groups -OCH3 is 1. The summed E-state index contributed by atoms with van der Waals surface area (Å²) in [4.78, 5) is 56.1. The van der Waals surface area contributed by atoms with Gasteiger partial charge in [-0.15, -0.1) is 5.48 Å². The average molecular weight is 530 g/mol. The third-order valence-electron chi connectivity index (χ3n) is 5.96. The molecule has 0 saturated heterocycles. The van der Waals surface area contributed by atoms with Gasteiger partial charge in [-0.3, -0.25) is 14.5 Å². The Kier molecular flexibility index (Phi) is 7.46. The van der Waals surface area contributed by atoms with Crippen LogP contribution in [0.25, 0.3) is 11.1 Å². The number of benzene rings is 3. The lowest BCUT2D eigenvalue weighted by atomic mass is 9.95. The Balaban J connectivity index is 1.79. The van der Waals surface area contributed by atoms with Crippen LogP contribution in [0.2, 0.25) is 0 Å². The second-order valence-electron chi connectivity index (χ2n) is 8.48. The van der Waals surface area contributed by atoms with Crippen molar-refractivity contribution in [3.63, 3.8) is 0 Å². The number of rotatable bonds is 6. The Labute approximate surface area is 222 Å². The van der Waals surface area contributed by atoms with Gasteiger partial charge in [0.05, 0.1) is 35.7 Å². The molecule has 3 amide bonds. The van der Waals surface area contributed by atoms with E-state index in [-0.39, 0.29) is 28.5 Å². The van der Waals surface area contributed by atoms with E-state index in [1.807, 2.05) is 6.07 Å². The molecule has 4 N–H and O–H groups in total. The molecule has 0 spiro atoms. The van der Waals surface area contributed by atoms with Crippen molar-refractivity contribution in [2.24, 2.45) is 0 Å². The number of aromatic carboxylic acids is 1. The van der Waals surface area contributed by atoms with E-state index in [0.29, 0.717) is 28.1 Å². The first-order valence-corrected chi connectivity index (χ1v) is 11.5. The van der Waals surface area contributed by atoms with Crippen molar-refractivity contribution in [2.75, 3.05) is 29.7 Å². The molecule has 1 aliphatic rings. The summed E-state index contributed by atoms with van der Waals surface area (Å²) >= 11 is 0. The highest BCUT2D eigenvalue weighted by molar-refractivity contribution is 6.04. The first-order valence-electron chi connectivity index (χ1n) is 11.5. The van der Waals surface area contributed by atoms with Crippen LogP contribution in [0, 0.1) is 11.3 Å². The van der Waals surface area contributed by atoms with E-state index >= 15 is 0 Å². The monoisotopic (exact) mass is 529 g/mol. The van der Waals surface area contributed by atoms with E-state index in [2.05, 4.69) is 16.1 Å². The number of nitriles is 1. The standard InChI is InChI=1S/C27H23N5O7/c1-14(33)29-20-7-5-4-6-16(20)17-11-19-23(12-22(17)32(2)27(37)38-3)39-31-24(19)25(34)30-21-9-8-15(13-28)10-18(21)26(35)36/h4-12,24,31H,1-3H3,(H,29,33)(H,30,34)(H,35,36). The summed E-state index contributed by atoms with van der Waals surface area (Å²) in [6.07, 6.45) is -0.657. The Bertz CT molecular complexity index is 1550. The molecule has 12 nitrogen and oxygen atoms in total. The van der Waals surface area contributed by atoms with Crippen molar-refractivity contribution in [3.05, 3.63) is 71.3 Å². The molecule has 12 heteroatoms. The van der Waals surface area contributed by atoms with Gasteiger partial charge in [0, 0.05) is 42.4 Å². The lowest BCUT2D eigenvalue weighted by molar-refractivity contribution is -0.119. The Hall–Kier alpha value is -5.41. The molecule has 4 rings (SSSR count). The number of hydroxylamine groups is 1. The zero-order valence-corrected chi connectivity index (χ0v) is 21.1. The van der Waals surface area contributed by atoms with E-state index in [0.717, 1.165) is 6.07 Å². The SMILES string of the molecule is COC(=O)N(C)c1cc2c(cc1-c1ccccc1NC(C)=O)C(C(=O)Nc1ccc(C#N)cc1C(=O)O)NO2. The van der Waals surface area contributed by atoms with Crippen LogP contribution < -0.4 is 25.9 Å². The van der Waals surface area contributed by atoms with Gasteiger partial charge >= 0.3 is 12.1 Å². The van der Waals surface area contributed by atoms with Gasteiger partial charge in [0.2, 0.25) is 11.8 Å². The normalized spacial score (nSPS) is 13.3. The van der Waals surface area contributed by atoms with Gasteiger partial charge in [0.15, 0.2) is 11.8 Å². The molecule has 1 unspecified atom stereocenters. The minimum absolute atomic E-state index is 0.0000204. The second-order valence-corrected chi connectivity index (χ2v) is 8.48. The molecule has 0 aromatic heterocycles. The molecule has 3 aromatic carbocycles. The third-order valence-corrected chi connectivity index (χ3v) is 5.96. The number of anilines is 3. The van der Waals surface area contributed by atoms with E-state index in [1.165, 1.54) is 38.1 Å². The predicted octanol–water partition coefficient (Wildman–Crippen LogP) is 3.66. The fourth-order valence-corrected chi connectivity index (χ4v) is 4.13. The number of amides is 3. The fraction of sp³-hybridized carbons (Fsp3) is 0.148. The molecule has 1 atom stereocenters. The van der Waals surface area contributed by atoms with Crippen LogP contribution >= 0.6 is 0 Å². The van der Waals surface area contributed by atoms with Crippen LogP contribution in [0.3, 0.4) is 0 Å². The van der Waals surface area contributed by atoms with Gasteiger partial charge in [0.1, 0.15) is 0 Å². The third kappa shape index (κ3) is 5.34. The number of carboxylic acid groups (broad SMARTS) is 1. The number of hydrogen-bond acceptors (Lipinski definition) is 8. The number of carbonyl (C=O) groups excluding carboxylic acids is 3. The molecule has 0 aliphatic carbocycles. The number of carboxylic acids is 1. The summed E-state index contributed by atoms with van der Waals surface area (Å²) in [7, 11) is 2.74. The van der Waals surface area contributed by atoms with Crippen LogP contribution in [0.5, 0.6) is 5.75 Å². The molecule has 0 fully saturated rings. The maximum Gasteiger partial charge on any atom is 0.413 e. The van der Waals surface area contributed by atoms with Crippen molar-refractivity contribution in [1.82, 2.24) is 5.48 Å². The Morgan fingerprint density at radius 2 is 1.79 bits per heavy atom. The van der Waals surface area contributed by atoms with Crippen molar-refractivity contribution >= 4 is 40.9 Å². The van der Waals surface area contributed by atoms with Gasteiger partial charge in [-0.25, -0.2) is 9.59 Å². The lowest BCUT2D eigenvalue weighted by Crippen LogP contribution is -2.30. The van der Waals surface area contributed by atoms with Gasteiger partial charge in [-0.05, 0) is 30.3 Å². The quantitative estimate of drug-likeness (QED) is 0.372. The summed E-state index contributed by atoms with van der Waals surface area (Å²) in [5.74, 6) is -1.99. The first kappa shape index (κ1) is 26.6. The second kappa shape index (κ2) is 10.9. The van der Waals surface area contributed by atoms with Crippen molar-refractivity contribution < 1.29 is 33.9 Å². The Morgan fingerprint density at radius 3 is 2.46 bits per heavy atom. The molecular weight excluding hydrogens is 506 g/mol. The number of hydrogen-bond donors (Lipinski definition) is 4. The molecule has 0 radical (unpaired) electrons. The van der Waals surface area contributed by atoms with Crippen LogP contribution in [0.1, 0.15) is 34.5 Å². The summed E-state index contributed by atoms with van der Waals surface area (Å²) in [5, 5.41) is 24.0. The summed E-state index contributed by atoms with van der Waals surface area (Å²) < 4.78 is 4.87. The minimum atomic E-state index is -1.31. The van der Waals surface area contributed by atoms with Crippen molar-refractivity contribution in [3.8, 4) is 22.9 Å². The first-order chi connectivity index (χ1) is 18.6. The molecule has 0 bridgehead atoms. The van der Waals surface area contributed by atoms with Gasteiger partial charge in [0.25, 0.3) is 0 Å². The van der Waals surface area contributed by atoms with E-state index in [4.69, 9.17) is 14.8 Å². The topological polar surface area (TPSA) is 170 Å². The van der Waals surface area contributed by atoms with Crippen molar-refractivity contribution in [2.45, 2.75) is 13.0 Å². The molecular formula is C27H23N5O7. The summed E-state index contributed by atoms with van der Waals surface area (Å²) in [6.45, 7) is 1.37. The van der Waals surface area contributed by atoms with Gasteiger partial charge < -0.3 is 25.3 Å². The molecule has 1 heterocycles. The molecule has 1 aliphatic heterocycles. The average Bonchev–Trinajstić information content (AvgIpc) is 3.34. The fourth-order valence-electron chi connectivity index (χ4n) is 4.13. The number of ether oxygens (including phenoxy) is 1.